The monoisotopic (exact) mass is 295 g/mol. The first-order valence-electron chi connectivity index (χ1n) is 7.99. The number of hydrogen-bond acceptors (Lipinski definition) is 4. The molecule has 2 atom stereocenters. The van der Waals surface area contributed by atoms with E-state index in [9.17, 15) is 14.4 Å². The van der Waals surface area contributed by atoms with Crippen LogP contribution >= 0.6 is 0 Å². The Balaban J connectivity index is 1.93. The van der Waals surface area contributed by atoms with Crippen LogP contribution in [0.4, 0.5) is 0 Å². The number of ketones is 1. The molecule has 0 aliphatic heterocycles. The van der Waals surface area contributed by atoms with Gasteiger partial charge in [-0.1, -0.05) is 12.8 Å². The van der Waals surface area contributed by atoms with E-state index < -0.39 is 12.0 Å². The minimum absolute atomic E-state index is 0.0877. The fraction of sp³-hybridized carbons (Fsp3) is 0.812. The van der Waals surface area contributed by atoms with Gasteiger partial charge in [0, 0.05) is 19.3 Å². The first-order chi connectivity index (χ1) is 10.1. The zero-order valence-corrected chi connectivity index (χ0v) is 12.7. The van der Waals surface area contributed by atoms with Crippen LogP contribution in [0.3, 0.4) is 0 Å². The van der Waals surface area contributed by atoms with Crippen molar-refractivity contribution in [3.63, 3.8) is 0 Å². The number of hydrogen-bond donors (Lipinski definition) is 1. The molecule has 1 N–H and O–H groups in total. The standard InChI is InChI=1S/C16H25NO4/c1-21-16(20)15(12-7-4-8-13(18)10-12)17-14(19)9-11-5-2-3-6-11/h11-12,15H,2-10H2,1H3,(H,17,19)/t12-,15+/m1/s1. The van der Waals surface area contributed by atoms with Crippen molar-refractivity contribution in [2.24, 2.45) is 11.8 Å². The van der Waals surface area contributed by atoms with Gasteiger partial charge in [-0.25, -0.2) is 4.79 Å². The van der Waals surface area contributed by atoms with E-state index in [2.05, 4.69) is 5.32 Å². The lowest BCUT2D eigenvalue weighted by atomic mass is 9.83. The van der Waals surface area contributed by atoms with Gasteiger partial charge in [0.1, 0.15) is 11.8 Å². The van der Waals surface area contributed by atoms with E-state index in [0.29, 0.717) is 25.2 Å². The Morgan fingerprint density at radius 1 is 1.24 bits per heavy atom. The van der Waals surface area contributed by atoms with Crippen molar-refractivity contribution in [3.8, 4) is 0 Å². The predicted octanol–water partition coefficient (Wildman–Crippen LogP) is 1.98. The highest BCUT2D eigenvalue weighted by molar-refractivity contribution is 5.86. The van der Waals surface area contributed by atoms with E-state index in [1.54, 1.807) is 0 Å². The normalized spacial score (nSPS) is 24.6. The van der Waals surface area contributed by atoms with Gasteiger partial charge in [0.2, 0.25) is 5.91 Å². The van der Waals surface area contributed by atoms with E-state index in [4.69, 9.17) is 4.74 Å². The highest BCUT2D eigenvalue weighted by Gasteiger charge is 2.34. The van der Waals surface area contributed by atoms with E-state index >= 15 is 0 Å². The lowest BCUT2D eigenvalue weighted by Gasteiger charge is -2.28. The van der Waals surface area contributed by atoms with Crippen molar-refractivity contribution in [2.75, 3.05) is 7.11 Å². The molecule has 0 heterocycles. The summed E-state index contributed by atoms with van der Waals surface area (Å²) in [5, 5.41) is 2.82. The SMILES string of the molecule is COC(=O)[C@@H](NC(=O)CC1CCCC1)[C@@H]1CCCC(=O)C1. The first-order valence-corrected chi connectivity index (χ1v) is 7.99. The summed E-state index contributed by atoms with van der Waals surface area (Å²) in [6, 6.07) is -0.673. The molecule has 0 aromatic heterocycles. The summed E-state index contributed by atoms with van der Waals surface area (Å²) in [6.07, 6.45) is 7.57. The van der Waals surface area contributed by atoms with Gasteiger partial charge in [-0.05, 0) is 37.5 Å². The van der Waals surface area contributed by atoms with E-state index in [1.165, 1.54) is 20.0 Å². The Kier molecular flexibility index (Phi) is 5.76. The van der Waals surface area contributed by atoms with Crippen LogP contribution in [-0.4, -0.2) is 30.8 Å². The molecule has 0 bridgehead atoms. The van der Waals surface area contributed by atoms with Gasteiger partial charge < -0.3 is 10.1 Å². The van der Waals surface area contributed by atoms with E-state index in [-0.39, 0.29) is 17.6 Å². The molecule has 1 amide bonds. The molecule has 5 nitrogen and oxygen atoms in total. The van der Waals surface area contributed by atoms with Crippen LogP contribution in [0.15, 0.2) is 0 Å². The topological polar surface area (TPSA) is 72.5 Å². The fourth-order valence-electron chi connectivity index (χ4n) is 3.55. The highest BCUT2D eigenvalue weighted by Crippen LogP contribution is 2.28. The molecule has 2 aliphatic rings. The molecule has 0 saturated heterocycles. The van der Waals surface area contributed by atoms with Crippen molar-refractivity contribution in [2.45, 2.75) is 63.8 Å². The molecule has 0 radical (unpaired) electrons. The number of esters is 1. The van der Waals surface area contributed by atoms with Gasteiger partial charge in [-0.2, -0.15) is 0 Å². The molecule has 5 heteroatoms. The third kappa shape index (κ3) is 4.55. The average molecular weight is 295 g/mol. The molecule has 0 aromatic rings. The second-order valence-corrected chi connectivity index (χ2v) is 6.32. The summed E-state index contributed by atoms with van der Waals surface area (Å²) >= 11 is 0. The minimum atomic E-state index is -0.673. The van der Waals surface area contributed by atoms with Crippen LogP contribution in [0.25, 0.3) is 0 Å². The Morgan fingerprint density at radius 3 is 2.57 bits per heavy atom. The van der Waals surface area contributed by atoms with E-state index in [1.807, 2.05) is 0 Å². The van der Waals surface area contributed by atoms with Crippen LogP contribution < -0.4 is 5.32 Å². The molecule has 2 rings (SSSR count). The molecule has 2 fully saturated rings. The molecular weight excluding hydrogens is 270 g/mol. The van der Waals surface area contributed by atoms with Gasteiger partial charge in [-0.15, -0.1) is 0 Å². The molecule has 2 aliphatic carbocycles. The Hall–Kier alpha value is -1.39. The number of ether oxygens (including phenoxy) is 1. The number of carbonyl (C=O) groups excluding carboxylic acids is 3. The van der Waals surface area contributed by atoms with Gasteiger partial charge >= 0.3 is 5.97 Å². The molecule has 0 aromatic carbocycles. The lowest BCUT2D eigenvalue weighted by Crippen LogP contribution is -2.48. The second kappa shape index (κ2) is 7.57. The summed E-state index contributed by atoms with van der Waals surface area (Å²) in [6.45, 7) is 0. The second-order valence-electron chi connectivity index (χ2n) is 6.32. The van der Waals surface area contributed by atoms with Crippen LogP contribution in [0.1, 0.15) is 57.8 Å². The average Bonchev–Trinajstić information content (AvgIpc) is 2.96. The summed E-state index contributed by atoms with van der Waals surface area (Å²) < 4.78 is 4.81. The highest BCUT2D eigenvalue weighted by atomic mass is 16.5. The molecular formula is C16H25NO4. The summed E-state index contributed by atoms with van der Waals surface area (Å²) in [4.78, 5) is 35.7. The number of amides is 1. The molecule has 0 spiro atoms. The molecule has 2 saturated carbocycles. The number of Topliss-reactive ketones (excluding diaryl/α,β-unsaturated/α-hetero) is 1. The zero-order valence-electron chi connectivity index (χ0n) is 12.7. The maximum absolute atomic E-state index is 12.2. The van der Waals surface area contributed by atoms with Crippen LogP contribution in [0.2, 0.25) is 0 Å². The lowest BCUT2D eigenvalue weighted by molar-refractivity contribution is -0.147. The van der Waals surface area contributed by atoms with Crippen molar-refractivity contribution in [3.05, 3.63) is 0 Å². The molecule has 118 valence electrons. The number of methoxy groups -OCH3 is 1. The quantitative estimate of drug-likeness (QED) is 0.787. The van der Waals surface area contributed by atoms with Gasteiger partial charge in [0.15, 0.2) is 0 Å². The Bertz CT molecular complexity index is 401. The Labute approximate surface area is 125 Å². The maximum Gasteiger partial charge on any atom is 0.328 e. The summed E-state index contributed by atoms with van der Waals surface area (Å²) in [5.74, 6) is -0.0301. The first kappa shape index (κ1) is 16.0. The third-order valence-corrected chi connectivity index (χ3v) is 4.71. The Morgan fingerprint density at radius 2 is 1.95 bits per heavy atom. The van der Waals surface area contributed by atoms with Gasteiger partial charge in [0.05, 0.1) is 7.11 Å². The van der Waals surface area contributed by atoms with Crippen LogP contribution in [-0.2, 0) is 19.1 Å². The number of nitrogens with one attached hydrogen (secondary N) is 1. The predicted molar refractivity (Wildman–Crippen MR) is 77.5 cm³/mol. The van der Waals surface area contributed by atoms with Crippen LogP contribution in [0.5, 0.6) is 0 Å². The van der Waals surface area contributed by atoms with E-state index in [0.717, 1.165) is 25.7 Å². The van der Waals surface area contributed by atoms with Crippen molar-refractivity contribution < 1.29 is 19.1 Å². The molecule has 21 heavy (non-hydrogen) atoms. The van der Waals surface area contributed by atoms with Crippen LogP contribution in [0, 0.1) is 11.8 Å². The maximum atomic E-state index is 12.2. The summed E-state index contributed by atoms with van der Waals surface area (Å²) in [7, 11) is 1.32. The number of rotatable bonds is 5. The minimum Gasteiger partial charge on any atom is -0.467 e. The molecule has 0 unspecified atom stereocenters. The van der Waals surface area contributed by atoms with Gasteiger partial charge in [-0.3, -0.25) is 9.59 Å². The fourth-order valence-corrected chi connectivity index (χ4v) is 3.55. The van der Waals surface area contributed by atoms with Gasteiger partial charge in [0.25, 0.3) is 0 Å². The summed E-state index contributed by atoms with van der Waals surface area (Å²) in [5.41, 5.74) is 0. The third-order valence-electron chi connectivity index (χ3n) is 4.71. The largest absolute Gasteiger partial charge is 0.467 e. The zero-order chi connectivity index (χ0) is 15.2. The van der Waals surface area contributed by atoms with Crippen molar-refractivity contribution in [1.29, 1.82) is 0 Å². The van der Waals surface area contributed by atoms with Crippen molar-refractivity contribution in [1.82, 2.24) is 5.32 Å². The number of carbonyl (C=O) groups is 3. The van der Waals surface area contributed by atoms with Crippen molar-refractivity contribution >= 4 is 17.7 Å². The smallest absolute Gasteiger partial charge is 0.328 e.